The van der Waals surface area contributed by atoms with Gasteiger partial charge < -0.3 is 15.7 Å². The Hall–Kier alpha value is -1.26. The van der Waals surface area contributed by atoms with Gasteiger partial charge in [-0.3, -0.25) is 0 Å². The highest BCUT2D eigenvalue weighted by atomic mass is 16.4. The molecule has 0 aromatic heterocycles. The molecule has 2 amide bonds. The van der Waals surface area contributed by atoms with Crippen LogP contribution in [0.2, 0.25) is 0 Å². The van der Waals surface area contributed by atoms with Crippen LogP contribution in [0.15, 0.2) is 0 Å². The first-order valence-electron chi connectivity index (χ1n) is 6.94. The van der Waals surface area contributed by atoms with Crippen molar-refractivity contribution in [2.24, 2.45) is 11.3 Å². The summed E-state index contributed by atoms with van der Waals surface area (Å²) in [6, 6.07) is -0.383. The van der Waals surface area contributed by atoms with Gasteiger partial charge in [0.05, 0.1) is 0 Å². The summed E-state index contributed by atoms with van der Waals surface area (Å²) in [6.45, 7) is 8.60. The van der Waals surface area contributed by atoms with Crippen LogP contribution in [0.1, 0.15) is 53.4 Å². The maximum absolute atomic E-state index is 11.9. The van der Waals surface area contributed by atoms with Gasteiger partial charge in [0.15, 0.2) is 0 Å². The normalized spacial score (nSPS) is 27.7. The highest BCUT2D eigenvalue weighted by Crippen LogP contribution is 2.32. The Morgan fingerprint density at radius 1 is 1.37 bits per heavy atom. The minimum Gasteiger partial charge on any atom is -0.480 e. The Bertz CT molecular complexity index is 349. The van der Waals surface area contributed by atoms with Crippen LogP contribution in [-0.2, 0) is 4.79 Å². The minimum absolute atomic E-state index is 0.0203. The van der Waals surface area contributed by atoms with Gasteiger partial charge >= 0.3 is 12.0 Å². The molecule has 5 nitrogen and oxygen atoms in total. The lowest BCUT2D eigenvalue weighted by Crippen LogP contribution is -2.59. The quantitative estimate of drug-likeness (QED) is 0.736. The predicted molar refractivity (Wildman–Crippen MR) is 74.0 cm³/mol. The van der Waals surface area contributed by atoms with Crippen LogP contribution < -0.4 is 10.6 Å². The van der Waals surface area contributed by atoms with E-state index in [0.717, 1.165) is 12.8 Å². The SMILES string of the molecule is CC1CCCC(NC(=O)NCC(C)(C)C)(C(=O)O)C1. The molecule has 1 aliphatic carbocycles. The van der Waals surface area contributed by atoms with E-state index in [1.54, 1.807) is 0 Å². The third kappa shape index (κ3) is 4.73. The van der Waals surface area contributed by atoms with Gasteiger partial charge in [-0.2, -0.15) is 0 Å². The molecular weight excluding hydrogens is 244 g/mol. The second-order valence-electron chi connectivity index (χ2n) is 6.96. The van der Waals surface area contributed by atoms with Crippen molar-refractivity contribution in [1.82, 2.24) is 10.6 Å². The molecular formula is C14H26N2O3. The Morgan fingerprint density at radius 2 is 2.00 bits per heavy atom. The topological polar surface area (TPSA) is 78.4 Å². The Balaban J connectivity index is 2.64. The number of hydrogen-bond donors (Lipinski definition) is 3. The van der Waals surface area contributed by atoms with Gasteiger partial charge in [-0.15, -0.1) is 0 Å². The van der Waals surface area contributed by atoms with Crippen molar-refractivity contribution in [2.75, 3.05) is 6.54 Å². The van der Waals surface area contributed by atoms with Crippen LogP contribution in [0.4, 0.5) is 4.79 Å². The molecule has 0 spiro atoms. The summed E-state index contributed by atoms with van der Waals surface area (Å²) in [6.07, 6.45) is 2.88. The number of hydrogen-bond acceptors (Lipinski definition) is 2. The number of urea groups is 1. The number of carboxylic acids is 1. The van der Waals surface area contributed by atoms with E-state index in [1.807, 2.05) is 27.7 Å². The summed E-state index contributed by atoms with van der Waals surface area (Å²) >= 11 is 0. The number of carbonyl (C=O) groups is 2. The Kier molecular flexibility index (Phi) is 4.82. The largest absolute Gasteiger partial charge is 0.480 e. The molecule has 2 atom stereocenters. The molecule has 0 heterocycles. The van der Waals surface area contributed by atoms with Gasteiger partial charge in [0.25, 0.3) is 0 Å². The fourth-order valence-electron chi connectivity index (χ4n) is 2.52. The number of nitrogens with one attached hydrogen (secondary N) is 2. The first-order chi connectivity index (χ1) is 8.65. The standard InChI is InChI=1S/C14H26N2O3/c1-10-6-5-7-14(8-10,11(17)18)16-12(19)15-9-13(2,3)4/h10H,5-9H2,1-4H3,(H,17,18)(H2,15,16,19). The summed E-state index contributed by atoms with van der Waals surface area (Å²) in [4.78, 5) is 23.4. The number of amides is 2. The predicted octanol–water partition coefficient (Wildman–Crippen LogP) is 2.37. The van der Waals surface area contributed by atoms with Crippen molar-refractivity contribution in [3.63, 3.8) is 0 Å². The zero-order valence-corrected chi connectivity index (χ0v) is 12.4. The van der Waals surface area contributed by atoms with Crippen LogP contribution in [0.5, 0.6) is 0 Å². The molecule has 19 heavy (non-hydrogen) atoms. The average molecular weight is 270 g/mol. The van der Waals surface area contributed by atoms with Gasteiger partial charge in [0, 0.05) is 6.54 Å². The van der Waals surface area contributed by atoms with E-state index in [0.29, 0.717) is 25.3 Å². The number of carboxylic acid groups (broad SMARTS) is 1. The maximum atomic E-state index is 11.9. The summed E-state index contributed by atoms with van der Waals surface area (Å²) in [5.41, 5.74) is -1.12. The van der Waals surface area contributed by atoms with Crippen LogP contribution >= 0.6 is 0 Å². The van der Waals surface area contributed by atoms with E-state index in [4.69, 9.17) is 0 Å². The second-order valence-corrected chi connectivity index (χ2v) is 6.96. The smallest absolute Gasteiger partial charge is 0.329 e. The third-order valence-electron chi connectivity index (χ3n) is 3.54. The summed E-state index contributed by atoms with van der Waals surface area (Å²) < 4.78 is 0. The molecule has 1 fully saturated rings. The third-order valence-corrected chi connectivity index (χ3v) is 3.54. The highest BCUT2D eigenvalue weighted by molar-refractivity contribution is 5.86. The first-order valence-corrected chi connectivity index (χ1v) is 6.94. The van der Waals surface area contributed by atoms with E-state index < -0.39 is 11.5 Å². The van der Waals surface area contributed by atoms with E-state index >= 15 is 0 Å². The molecule has 0 radical (unpaired) electrons. The van der Waals surface area contributed by atoms with Crippen molar-refractivity contribution in [3.05, 3.63) is 0 Å². The Labute approximate surface area is 115 Å². The number of aliphatic carboxylic acids is 1. The number of carbonyl (C=O) groups excluding carboxylic acids is 1. The lowest BCUT2D eigenvalue weighted by atomic mass is 9.76. The van der Waals surface area contributed by atoms with E-state index in [2.05, 4.69) is 10.6 Å². The van der Waals surface area contributed by atoms with E-state index in [-0.39, 0.29) is 11.4 Å². The molecule has 0 saturated heterocycles. The van der Waals surface area contributed by atoms with Crippen LogP contribution in [-0.4, -0.2) is 29.2 Å². The highest BCUT2D eigenvalue weighted by Gasteiger charge is 2.43. The van der Waals surface area contributed by atoms with E-state index in [1.165, 1.54) is 0 Å². The van der Waals surface area contributed by atoms with Gasteiger partial charge in [0.2, 0.25) is 0 Å². The zero-order chi connectivity index (χ0) is 14.7. The average Bonchev–Trinajstić information content (AvgIpc) is 2.25. The van der Waals surface area contributed by atoms with Crippen LogP contribution in [0.25, 0.3) is 0 Å². The van der Waals surface area contributed by atoms with Crippen molar-refractivity contribution < 1.29 is 14.7 Å². The minimum atomic E-state index is -1.10. The summed E-state index contributed by atoms with van der Waals surface area (Å²) in [5, 5.41) is 14.9. The maximum Gasteiger partial charge on any atom is 0.329 e. The van der Waals surface area contributed by atoms with Gasteiger partial charge in [-0.05, 0) is 24.2 Å². The van der Waals surface area contributed by atoms with Gasteiger partial charge in [-0.1, -0.05) is 40.5 Å². The second kappa shape index (κ2) is 5.80. The Morgan fingerprint density at radius 3 is 2.47 bits per heavy atom. The molecule has 1 aliphatic rings. The first kappa shape index (κ1) is 15.8. The molecule has 5 heteroatoms. The number of rotatable bonds is 3. The summed E-state index contributed by atoms with van der Waals surface area (Å²) in [7, 11) is 0. The van der Waals surface area contributed by atoms with Crippen molar-refractivity contribution in [1.29, 1.82) is 0 Å². The van der Waals surface area contributed by atoms with Crippen molar-refractivity contribution in [2.45, 2.75) is 58.9 Å². The fraction of sp³-hybridized carbons (Fsp3) is 0.857. The van der Waals surface area contributed by atoms with Crippen molar-refractivity contribution >= 4 is 12.0 Å². The lowest BCUT2D eigenvalue weighted by molar-refractivity contribution is -0.146. The molecule has 0 aliphatic heterocycles. The van der Waals surface area contributed by atoms with Crippen LogP contribution in [0, 0.1) is 11.3 Å². The van der Waals surface area contributed by atoms with Crippen molar-refractivity contribution in [3.8, 4) is 0 Å². The molecule has 0 bridgehead atoms. The molecule has 110 valence electrons. The molecule has 2 unspecified atom stereocenters. The lowest BCUT2D eigenvalue weighted by Gasteiger charge is -2.37. The molecule has 1 rings (SSSR count). The van der Waals surface area contributed by atoms with Crippen LogP contribution in [0.3, 0.4) is 0 Å². The molecule has 0 aromatic rings. The van der Waals surface area contributed by atoms with E-state index in [9.17, 15) is 14.7 Å². The monoisotopic (exact) mass is 270 g/mol. The zero-order valence-electron chi connectivity index (χ0n) is 12.4. The molecule has 1 saturated carbocycles. The fourth-order valence-corrected chi connectivity index (χ4v) is 2.52. The molecule has 3 N–H and O–H groups in total. The molecule has 0 aromatic carbocycles. The van der Waals surface area contributed by atoms with Gasteiger partial charge in [0.1, 0.15) is 5.54 Å². The van der Waals surface area contributed by atoms with Gasteiger partial charge in [-0.25, -0.2) is 9.59 Å². The summed E-state index contributed by atoms with van der Waals surface area (Å²) in [5.74, 6) is -0.599.